The van der Waals surface area contributed by atoms with Crippen LogP contribution in [0.5, 0.6) is 5.75 Å². The van der Waals surface area contributed by atoms with Gasteiger partial charge in [0.2, 0.25) is 5.91 Å². The highest BCUT2D eigenvalue weighted by molar-refractivity contribution is 7.98. The van der Waals surface area contributed by atoms with Crippen LogP contribution in [0.2, 0.25) is 0 Å². The molecule has 0 spiro atoms. The minimum absolute atomic E-state index is 0. The van der Waals surface area contributed by atoms with E-state index in [1.165, 1.54) is 5.56 Å². The molecule has 7 heteroatoms. The number of nitrogens with one attached hydrogen (secondary N) is 1. The van der Waals surface area contributed by atoms with Gasteiger partial charge in [0.25, 0.3) is 0 Å². The third-order valence-corrected chi connectivity index (χ3v) is 5.37. The number of carbonyl (C=O) groups is 1. The van der Waals surface area contributed by atoms with Gasteiger partial charge < -0.3 is 20.5 Å². The zero-order chi connectivity index (χ0) is 17.4. The van der Waals surface area contributed by atoms with Crippen LogP contribution in [-0.2, 0) is 14.9 Å². The topological polar surface area (TPSA) is 73.6 Å². The average Bonchev–Trinajstić information content (AvgIpc) is 2.65. The molecule has 1 atom stereocenters. The van der Waals surface area contributed by atoms with Crippen LogP contribution in [0.4, 0.5) is 0 Å². The monoisotopic (exact) mass is 388 g/mol. The van der Waals surface area contributed by atoms with Gasteiger partial charge in [-0.3, -0.25) is 4.79 Å². The Hall–Kier alpha value is -0.950. The standard InChI is InChI=1S/C18H28N2O3S.ClH/c1-22-15-5-3-14(4-6-15)18(8-10-23-11-9-18)13-20-17(21)16(19)7-12-24-2;/h3-6,16H,7-13,19H2,1-2H3,(H,20,21);1H/t16-;/m0./s1. The number of ether oxygens (including phenoxy) is 2. The minimum Gasteiger partial charge on any atom is -0.497 e. The highest BCUT2D eigenvalue weighted by Crippen LogP contribution is 2.35. The number of benzene rings is 1. The maximum absolute atomic E-state index is 12.3. The van der Waals surface area contributed by atoms with Gasteiger partial charge in [0.15, 0.2) is 0 Å². The lowest BCUT2D eigenvalue weighted by Crippen LogP contribution is -2.49. The van der Waals surface area contributed by atoms with Crippen molar-refractivity contribution in [2.45, 2.75) is 30.7 Å². The van der Waals surface area contributed by atoms with E-state index >= 15 is 0 Å². The molecule has 0 saturated carbocycles. The molecule has 0 unspecified atom stereocenters. The SMILES string of the molecule is COc1ccc(C2(CNC(=O)[C@@H](N)CCSC)CCOCC2)cc1.Cl. The lowest BCUT2D eigenvalue weighted by Gasteiger charge is -2.38. The molecule has 142 valence electrons. The van der Waals surface area contributed by atoms with Crippen LogP contribution in [-0.4, -0.2) is 50.8 Å². The van der Waals surface area contributed by atoms with Gasteiger partial charge in [-0.1, -0.05) is 12.1 Å². The van der Waals surface area contributed by atoms with E-state index in [4.69, 9.17) is 15.2 Å². The van der Waals surface area contributed by atoms with Crippen molar-refractivity contribution >= 4 is 30.1 Å². The second-order valence-corrected chi connectivity index (χ2v) is 7.21. The maximum Gasteiger partial charge on any atom is 0.236 e. The van der Waals surface area contributed by atoms with Gasteiger partial charge in [-0.05, 0) is 49.0 Å². The van der Waals surface area contributed by atoms with Crippen LogP contribution in [0.1, 0.15) is 24.8 Å². The molecule has 1 fully saturated rings. The number of amides is 1. The van der Waals surface area contributed by atoms with Crippen molar-refractivity contribution in [1.82, 2.24) is 5.32 Å². The van der Waals surface area contributed by atoms with Crippen molar-refractivity contribution < 1.29 is 14.3 Å². The van der Waals surface area contributed by atoms with Crippen LogP contribution >= 0.6 is 24.2 Å². The van der Waals surface area contributed by atoms with Gasteiger partial charge in [-0.15, -0.1) is 12.4 Å². The van der Waals surface area contributed by atoms with Crippen molar-refractivity contribution in [3.63, 3.8) is 0 Å². The van der Waals surface area contributed by atoms with E-state index in [2.05, 4.69) is 17.4 Å². The third-order valence-electron chi connectivity index (χ3n) is 4.72. The molecule has 3 N–H and O–H groups in total. The summed E-state index contributed by atoms with van der Waals surface area (Å²) in [6.07, 6.45) is 4.50. The van der Waals surface area contributed by atoms with E-state index in [-0.39, 0.29) is 23.7 Å². The van der Waals surface area contributed by atoms with Crippen LogP contribution in [0.15, 0.2) is 24.3 Å². The molecule has 0 radical (unpaired) electrons. The summed E-state index contributed by atoms with van der Waals surface area (Å²) in [6.45, 7) is 2.01. The molecule has 0 bridgehead atoms. The molecular formula is C18H29ClN2O3S. The fourth-order valence-corrected chi connectivity index (χ4v) is 3.53. The Morgan fingerprint density at radius 2 is 2.00 bits per heavy atom. The largest absolute Gasteiger partial charge is 0.497 e. The van der Waals surface area contributed by atoms with Crippen LogP contribution < -0.4 is 15.8 Å². The molecule has 2 rings (SSSR count). The summed E-state index contributed by atoms with van der Waals surface area (Å²) in [5.74, 6) is 1.67. The molecule has 1 aromatic carbocycles. The van der Waals surface area contributed by atoms with Gasteiger partial charge >= 0.3 is 0 Å². The Labute approximate surface area is 160 Å². The molecule has 1 aliphatic rings. The fourth-order valence-electron chi connectivity index (χ4n) is 3.04. The normalized spacial score (nSPS) is 17.2. The van der Waals surface area contributed by atoms with Gasteiger partial charge in [-0.2, -0.15) is 11.8 Å². The fraction of sp³-hybridized carbons (Fsp3) is 0.611. The number of thioether (sulfide) groups is 1. The summed E-state index contributed by atoms with van der Waals surface area (Å²) in [5.41, 5.74) is 7.09. The Kier molecular flexibility index (Phi) is 9.64. The highest BCUT2D eigenvalue weighted by Gasteiger charge is 2.35. The van der Waals surface area contributed by atoms with E-state index in [1.54, 1.807) is 18.9 Å². The Morgan fingerprint density at radius 1 is 1.36 bits per heavy atom. The van der Waals surface area contributed by atoms with E-state index in [0.717, 1.165) is 24.3 Å². The second-order valence-electron chi connectivity index (χ2n) is 6.23. The van der Waals surface area contributed by atoms with E-state index in [1.807, 2.05) is 18.4 Å². The number of methoxy groups -OCH3 is 1. The van der Waals surface area contributed by atoms with E-state index in [9.17, 15) is 4.79 Å². The second kappa shape index (κ2) is 10.9. The average molecular weight is 389 g/mol. The summed E-state index contributed by atoms with van der Waals surface area (Å²) in [5, 5.41) is 3.07. The molecule has 1 amide bonds. The highest BCUT2D eigenvalue weighted by atomic mass is 35.5. The summed E-state index contributed by atoms with van der Waals surface area (Å²) in [7, 11) is 1.66. The van der Waals surface area contributed by atoms with E-state index < -0.39 is 6.04 Å². The predicted molar refractivity (Wildman–Crippen MR) is 106 cm³/mol. The number of rotatable bonds is 8. The number of nitrogens with two attached hydrogens (primary N) is 1. The van der Waals surface area contributed by atoms with Gasteiger partial charge in [0.05, 0.1) is 13.2 Å². The number of halogens is 1. The first-order valence-corrected chi connectivity index (χ1v) is 9.75. The minimum atomic E-state index is -0.440. The van der Waals surface area contributed by atoms with Crippen molar-refractivity contribution in [3.8, 4) is 5.75 Å². The van der Waals surface area contributed by atoms with Crippen molar-refractivity contribution in [1.29, 1.82) is 0 Å². The third kappa shape index (κ3) is 6.06. The number of hydrogen-bond donors (Lipinski definition) is 2. The first-order valence-electron chi connectivity index (χ1n) is 8.36. The summed E-state index contributed by atoms with van der Waals surface area (Å²) < 4.78 is 10.8. The molecular weight excluding hydrogens is 360 g/mol. The van der Waals surface area contributed by atoms with Gasteiger partial charge in [-0.25, -0.2) is 0 Å². The smallest absolute Gasteiger partial charge is 0.236 e. The van der Waals surface area contributed by atoms with Crippen LogP contribution in [0.3, 0.4) is 0 Å². The van der Waals surface area contributed by atoms with Crippen LogP contribution in [0, 0.1) is 0 Å². The lowest BCUT2D eigenvalue weighted by atomic mass is 9.74. The number of hydrogen-bond acceptors (Lipinski definition) is 5. The Bertz CT molecular complexity index is 522. The zero-order valence-corrected chi connectivity index (χ0v) is 16.6. The summed E-state index contributed by atoms with van der Waals surface area (Å²) in [6, 6.07) is 7.68. The quantitative estimate of drug-likeness (QED) is 0.715. The van der Waals surface area contributed by atoms with Crippen molar-refractivity contribution in [3.05, 3.63) is 29.8 Å². The maximum atomic E-state index is 12.3. The first kappa shape index (κ1) is 22.1. The Morgan fingerprint density at radius 3 is 2.56 bits per heavy atom. The molecule has 5 nitrogen and oxygen atoms in total. The predicted octanol–water partition coefficient (Wildman–Crippen LogP) is 2.36. The summed E-state index contributed by atoms with van der Waals surface area (Å²) >= 11 is 1.70. The molecule has 0 aliphatic carbocycles. The summed E-state index contributed by atoms with van der Waals surface area (Å²) in [4.78, 5) is 12.3. The molecule has 1 heterocycles. The first-order chi connectivity index (χ1) is 11.6. The molecule has 1 saturated heterocycles. The van der Waals surface area contributed by atoms with Gasteiger partial charge in [0, 0.05) is 25.2 Å². The molecule has 1 aliphatic heterocycles. The van der Waals surface area contributed by atoms with Crippen molar-refractivity contribution in [2.75, 3.05) is 38.9 Å². The van der Waals surface area contributed by atoms with Crippen LogP contribution in [0.25, 0.3) is 0 Å². The lowest BCUT2D eigenvalue weighted by molar-refractivity contribution is -0.122. The zero-order valence-electron chi connectivity index (χ0n) is 15.0. The molecule has 0 aromatic heterocycles. The van der Waals surface area contributed by atoms with Crippen molar-refractivity contribution in [2.24, 2.45) is 5.73 Å². The Balaban J connectivity index is 0.00000312. The number of carbonyl (C=O) groups excluding carboxylic acids is 1. The van der Waals surface area contributed by atoms with Gasteiger partial charge in [0.1, 0.15) is 5.75 Å². The van der Waals surface area contributed by atoms with E-state index in [0.29, 0.717) is 26.2 Å². The molecule has 1 aromatic rings. The molecule has 25 heavy (non-hydrogen) atoms.